The number of hydrogen-bond acceptors (Lipinski definition) is 5. The number of carbonyl (C=O) groups is 2. The first-order chi connectivity index (χ1) is 16.0. The second-order valence-corrected chi connectivity index (χ2v) is 8.69. The Morgan fingerprint density at radius 3 is 2.85 bits per heavy atom. The van der Waals surface area contributed by atoms with Crippen molar-refractivity contribution >= 4 is 28.5 Å². The van der Waals surface area contributed by atoms with Gasteiger partial charge in [-0.1, -0.05) is 18.2 Å². The van der Waals surface area contributed by atoms with E-state index in [2.05, 4.69) is 27.4 Å². The number of nitrogens with one attached hydrogen (secondary N) is 2. The van der Waals surface area contributed by atoms with Crippen molar-refractivity contribution in [2.24, 2.45) is 0 Å². The number of hydrogen-bond donors (Lipinski definition) is 2. The number of anilines is 1. The largest absolute Gasteiger partial charge is 0.373 e. The van der Waals surface area contributed by atoms with Crippen LogP contribution in [0.15, 0.2) is 36.5 Å². The minimum atomic E-state index is -0.149. The maximum absolute atomic E-state index is 13.3. The lowest BCUT2D eigenvalue weighted by molar-refractivity contribution is -0.135. The monoisotopic (exact) mass is 448 g/mol. The highest BCUT2D eigenvalue weighted by atomic mass is 16.2. The van der Waals surface area contributed by atoms with E-state index in [0.717, 1.165) is 36.0 Å². The first kappa shape index (κ1) is 22.8. The number of aromatic amines is 1. The molecule has 1 unspecified atom stereocenters. The third-order valence-electron chi connectivity index (χ3n) is 6.39. The van der Waals surface area contributed by atoms with Crippen molar-refractivity contribution in [3.05, 3.63) is 53.6 Å². The Bertz CT molecular complexity index is 1140. The van der Waals surface area contributed by atoms with Gasteiger partial charge >= 0.3 is 0 Å². The number of H-pyrrole nitrogens is 1. The lowest BCUT2D eigenvalue weighted by Gasteiger charge is -2.35. The molecule has 2 N–H and O–H groups in total. The van der Waals surface area contributed by atoms with Crippen LogP contribution in [-0.2, 0) is 22.6 Å². The summed E-state index contributed by atoms with van der Waals surface area (Å²) in [5.41, 5.74) is 3.02. The number of fused-ring (bicyclic) bond motifs is 1. The molecule has 8 nitrogen and oxygen atoms in total. The molecule has 4 rings (SSSR count). The fraction of sp³-hybridized carbons (Fsp3) is 0.440. The summed E-state index contributed by atoms with van der Waals surface area (Å²) in [7, 11) is 3.57. The minimum absolute atomic E-state index is 0.0204. The van der Waals surface area contributed by atoms with Gasteiger partial charge < -0.3 is 20.1 Å². The van der Waals surface area contributed by atoms with Gasteiger partial charge in [0, 0.05) is 57.2 Å². The molecule has 2 aromatic heterocycles. The van der Waals surface area contributed by atoms with E-state index in [4.69, 9.17) is 4.98 Å². The Morgan fingerprint density at radius 2 is 2.06 bits per heavy atom. The Balaban J connectivity index is 1.52. The van der Waals surface area contributed by atoms with Gasteiger partial charge in [-0.05, 0) is 37.3 Å². The van der Waals surface area contributed by atoms with E-state index in [-0.39, 0.29) is 17.9 Å². The number of aryl methyl sites for hydroxylation is 1. The van der Waals surface area contributed by atoms with Crippen molar-refractivity contribution < 1.29 is 9.59 Å². The predicted octanol–water partition coefficient (Wildman–Crippen LogP) is 3.66. The van der Waals surface area contributed by atoms with Gasteiger partial charge in [0.25, 0.3) is 0 Å². The molecule has 0 spiro atoms. The van der Waals surface area contributed by atoms with Crippen LogP contribution < -0.4 is 5.32 Å². The summed E-state index contributed by atoms with van der Waals surface area (Å²) in [6.07, 6.45) is 6.01. The third-order valence-corrected chi connectivity index (χ3v) is 6.39. The van der Waals surface area contributed by atoms with Crippen molar-refractivity contribution in [1.29, 1.82) is 0 Å². The van der Waals surface area contributed by atoms with Gasteiger partial charge in [-0.3, -0.25) is 9.59 Å². The highest BCUT2D eigenvalue weighted by molar-refractivity contribution is 5.84. The Hall–Kier alpha value is -3.42. The summed E-state index contributed by atoms with van der Waals surface area (Å²) in [4.78, 5) is 41.3. The van der Waals surface area contributed by atoms with E-state index in [0.29, 0.717) is 37.6 Å². The third kappa shape index (κ3) is 5.16. The van der Waals surface area contributed by atoms with Gasteiger partial charge in [-0.25, -0.2) is 9.97 Å². The van der Waals surface area contributed by atoms with Crippen LogP contribution in [0.4, 0.5) is 5.82 Å². The maximum Gasteiger partial charge on any atom is 0.223 e. The first-order valence-corrected chi connectivity index (χ1v) is 11.6. The van der Waals surface area contributed by atoms with Crippen LogP contribution >= 0.6 is 0 Å². The van der Waals surface area contributed by atoms with Crippen LogP contribution in [0.3, 0.4) is 0 Å². The van der Waals surface area contributed by atoms with Crippen LogP contribution in [0.25, 0.3) is 10.9 Å². The van der Waals surface area contributed by atoms with Gasteiger partial charge in [0.2, 0.25) is 11.8 Å². The summed E-state index contributed by atoms with van der Waals surface area (Å²) in [6, 6.07) is 9.88. The molecule has 0 saturated carbocycles. The van der Waals surface area contributed by atoms with Crippen LogP contribution in [0.5, 0.6) is 0 Å². The second-order valence-electron chi connectivity index (χ2n) is 8.69. The summed E-state index contributed by atoms with van der Waals surface area (Å²) in [6.45, 7) is 2.66. The van der Waals surface area contributed by atoms with Crippen molar-refractivity contribution in [2.45, 2.75) is 51.6 Å². The van der Waals surface area contributed by atoms with Crippen LogP contribution in [0, 0.1) is 0 Å². The summed E-state index contributed by atoms with van der Waals surface area (Å²) >= 11 is 0. The minimum Gasteiger partial charge on any atom is -0.373 e. The van der Waals surface area contributed by atoms with E-state index in [1.165, 1.54) is 12.3 Å². The highest BCUT2D eigenvalue weighted by Crippen LogP contribution is 2.31. The molecule has 0 radical (unpaired) electrons. The van der Waals surface area contributed by atoms with Crippen molar-refractivity contribution in [3.8, 4) is 0 Å². The Kier molecular flexibility index (Phi) is 6.91. The zero-order valence-corrected chi connectivity index (χ0v) is 19.6. The highest BCUT2D eigenvalue weighted by Gasteiger charge is 2.30. The van der Waals surface area contributed by atoms with Gasteiger partial charge in [-0.15, -0.1) is 0 Å². The number of para-hydroxylation sites is 1. The van der Waals surface area contributed by atoms with Gasteiger partial charge in [-0.2, -0.15) is 0 Å². The summed E-state index contributed by atoms with van der Waals surface area (Å²) in [5, 5.41) is 4.26. The van der Waals surface area contributed by atoms with E-state index >= 15 is 0 Å². The van der Waals surface area contributed by atoms with Crippen LogP contribution in [-0.4, -0.2) is 57.2 Å². The molecule has 1 fully saturated rings. The van der Waals surface area contributed by atoms with E-state index in [1.54, 1.807) is 11.9 Å². The number of benzene rings is 1. The van der Waals surface area contributed by atoms with Crippen molar-refractivity contribution in [2.75, 3.05) is 26.0 Å². The smallest absolute Gasteiger partial charge is 0.223 e. The molecule has 174 valence electrons. The van der Waals surface area contributed by atoms with E-state index < -0.39 is 0 Å². The molecule has 1 saturated heterocycles. The molecular formula is C25H32N6O2. The number of rotatable bonds is 7. The SMILES string of the molecule is CNc1cc(CN(C)C(C)=O)nc(C2CCCCN2C(=O)CCc2c[nH]c3ccccc23)n1. The molecule has 1 aliphatic rings. The van der Waals surface area contributed by atoms with E-state index in [9.17, 15) is 9.59 Å². The number of aromatic nitrogens is 3. The van der Waals surface area contributed by atoms with Crippen LogP contribution in [0.1, 0.15) is 55.7 Å². The van der Waals surface area contributed by atoms with E-state index in [1.807, 2.05) is 36.3 Å². The lowest BCUT2D eigenvalue weighted by atomic mass is 9.99. The van der Waals surface area contributed by atoms with Crippen LogP contribution in [0.2, 0.25) is 0 Å². The molecule has 0 bridgehead atoms. The molecule has 8 heteroatoms. The zero-order valence-electron chi connectivity index (χ0n) is 19.6. The number of likely N-dealkylation sites (tertiary alicyclic amines) is 1. The fourth-order valence-electron chi connectivity index (χ4n) is 4.45. The summed E-state index contributed by atoms with van der Waals surface area (Å²) in [5.74, 6) is 1.46. The number of piperidine rings is 1. The maximum atomic E-state index is 13.3. The van der Waals surface area contributed by atoms with Gasteiger partial charge in [0.05, 0.1) is 18.3 Å². The molecular weight excluding hydrogens is 416 g/mol. The average Bonchev–Trinajstić information content (AvgIpc) is 3.25. The summed E-state index contributed by atoms with van der Waals surface area (Å²) < 4.78 is 0. The average molecular weight is 449 g/mol. The topological polar surface area (TPSA) is 94.2 Å². The predicted molar refractivity (Wildman–Crippen MR) is 129 cm³/mol. The normalized spacial score (nSPS) is 16.1. The Labute approximate surface area is 194 Å². The molecule has 0 aliphatic carbocycles. The zero-order chi connectivity index (χ0) is 23.4. The number of carbonyl (C=O) groups excluding carboxylic acids is 2. The van der Waals surface area contributed by atoms with Gasteiger partial charge in [0.1, 0.15) is 5.82 Å². The second kappa shape index (κ2) is 10.0. The molecule has 1 aliphatic heterocycles. The first-order valence-electron chi connectivity index (χ1n) is 11.6. The molecule has 3 aromatic rings. The van der Waals surface area contributed by atoms with Gasteiger partial charge in [0.15, 0.2) is 5.82 Å². The Morgan fingerprint density at radius 1 is 1.24 bits per heavy atom. The standard InChI is InChI=1S/C25H32N6O2/c1-17(32)30(3)16-19-14-23(26-2)29-25(28-19)22-10-6-7-13-31(22)24(33)12-11-18-15-27-21-9-5-4-8-20(18)21/h4-5,8-9,14-15,22,27H,6-7,10-13,16H2,1-3H3,(H,26,28,29). The fourth-order valence-corrected chi connectivity index (χ4v) is 4.45. The van der Waals surface area contributed by atoms with Crippen molar-refractivity contribution in [3.63, 3.8) is 0 Å². The molecule has 3 heterocycles. The number of nitrogens with zero attached hydrogens (tertiary/aromatic N) is 4. The number of amides is 2. The molecule has 2 amide bonds. The van der Waals surface area contributed by atoms with Crippen molar-refractivity contribution in [1.82, 2.24) is 24.8 Å². The molecule has 33 heavy (non-hydrogen) atoms. The quantitative estimate of drug-likeness (QED) is 0.575. The molecule has 1 atom stereocenters. The lowest BCUT2D eigenvalue weighted by Crippen LogP contribution is -2.39. The molecule has 1 aromatic carbocycles.